The molecule has 0 fully saturated rings. The predicted molar refractivity (Wildman–Crippen MR) is 148 cm³/mol. The molecule has 2 aromatic carbocycles. The molecule has 1 heterocycles. The minimum atomic E-state index is -5.18. The fourth-order valence-electron chi connectivity index (χ4n) is 3.47. The Morgan fingerprint density at radius 1 is 1.05 bits per heavy atom. The molecule has 1 aromatic heterocycles. The van der Waals surface area contributed by atoms with Crippen molar-refractivity contribution >= 4 is 56.2 Å². The Labute approximate surface area is 239 Å². The molecule has 41 heavy (non-hydrogen) atoms. The molecule has 0 aliphatic carbocycles. The molecule has 0 spiro atoms. The fraction of sp³-hybridized carbons (Fsp3) is 0.269. The number of hydrogen-bond acceptors (Lipinski definition) is 7. The van der Waals surface area contributed by atoms with E-state index in [9.17, 15) is 36.3 Å². The van der Waals surface area contributed by atoms with Crippen LogP contribution >= 0.6 is 11.6 Å². The first-order chi connectivity index (χ1) is 19.2. The number of carbonyl (C=O) groups is 2. The van der Waals surface area contributed by atoms with Crippen LogP contribution in [0.25, 0.3) is 0 Å². The summed E-state index contributed by atoms with van der Waals surface area (Å²) in [6, 6.07) is 10.9. The molecule has 3 aromatic rings. The Kier molecular flexibility index (Phi) is 10.0. The van der Waals surface area contributed by atoms with Crippen molar-refractivity contribution < 1.29 is 41.0 Å². The number of anilines is 4. The lowest BCUT2D eigenvalue weighted by Gasteiger charge is -2.25. The van der Waals surface area contributed by atoms with E-state index in [4.69, 9.17) is 16.3 Å². The van der Waals surface area contributed by atoms with Crippen LogP contribution in [0, 0.1) is 0 Å². The molecule has 0 aliphatic heterocycles. The number of pyridine rings is 1. The van der Waals surface area contributed by atoms with Gasteiger partial charge in [0, 0.05) is 18.5 Å². The summed E-state index contributed by atoms with van der Waals surface area (Å²) in [5.41, 5.74) is 0.00541. The minimum Gasteiger partial charge on any atom is -0.506 e. The van der Waals surface area contributed by atoms with Crippen molar-refractivity contribution in [3.8, 4) is 11.5 Å². The van der Waals surface area contributed by atoms with Crippen LogP contribution in [0.3, 0.4) is 0 Å². The summed E-state index contributed by atoms with van der Waals surface area (Å²) in [6.45, 7) is 3.30. The second kappa shape index (κ2) is 13.1. The number of sulfonamides is 1. The van der Waals surface area contributed by atoms with Crippen molar-refractivity contribution in [1.29, 1.82) is 0 Å². The van der Waals surface area contributed by atoms with Crippen molar-refractivity contribution in [2.45, 2.75) is 39.0 Å². The summed E-state index contributed by atoms with van der Waals surface area (Å²) in [4.78, 5) is 27.7. The third kappa shape index (κ3) is 8.24. The van der Waals surface area contributed by atoms with Crippen LogP contribution in [0.1, 0.15) is 26.7 Å². The number of alkyl halides is 3. The number of carbonyl (C=O) groups excluding carboxylic acids is 2. The number of rotatable bonds is 11. The van der Waals surface area contributed by atoms with Gasteiger partial charge in [-0.05, 0) is 55.8 Å². The van der Waals surface area contributed by atoms with Crippen LogP contribution in [-0.2, 0) is 19.6 Å². The maximum absolute atomic E-state index is 13.1. The van der Waals surface area contributed by atoms with Crippen LogP contribution in [0.15, 0.2) is 60.9 Å². The van der Waals surface area contributed by atoms with E-state index in [0.29, 0.717) is 24.2 Å². The van der Waals surface area contributed by atoms with Crippen molar-refractivity contribution in [2.75, 3.05) is 20.7 Å². The van der Waals surface area contributed by atoms with E-state index in [0.717, 1.165) is 12.1 Å². The molecule has 15 heteroatoms. The quantitative estimate of drug-likeness (QED) is 0.239. The van der Waals surface area contributed by atoms with Gasteiger partial charge in [-0.3, -0.25) is 14.6 Å². The average molecular weight is 615 g/mol. The van der Waals surface area contributed by atoms with Gasteiger partial charge >= 0.3 is 12.1 Å². The summed E-state index contributed by atoms with van der Waals surface area (Å²) in [6.07, 6.45) is -2.17. The average Bonchev–Trinajstić information content (AvgIpc) is 2.91. The standard InChI is InChI=1S/C26H26ClF3N4O6S/c1-3-4-13-41(38,39)34(18-9-11-31-12-10-18)17-5-7-19(8-6-17)40-16(2)24(36)32-21-15-23(35)22(14-20(21)27)33-25(37)26(28,29)30/h5-12,14-16,35H,3-4,13H2,1-2H3,(H,32,36)(H,33,37). The lowest BCUT2D eigenvalue weighted by molar-refractivity contribution is -0.167. The van der Waals surface area contributed by atoms with Gasteiger partial charge in [-0.25, -0.2) is 12.7 Å². The van der Waals surface area contributed by atoms with Gasteiger partial charge in [-0.1, -0.05) is 24.9 Å². The smallest absolute Gasteiger partial charge is 0.471 e. The topological polar surface area (TPSA) is 138 Å². The third-order valence-corrected chi connectivity index (χ3v) is 7.63. The van der Waals surface area contributed by atoms with Gasteiger partial charge in [-0.15, -0.1) is 0 Å². The van der Waals surface area contributed by atoms with Crippen molar-refractivity contribution in [2.24, 2.45) is 0 Å². The van der Waals surface area contributed by atoms with Gasteiger partial charge in [0.1, 0.15) is 11.5 Å². The van der Waals surface area contributed by atoms with E-state index in [1.807, 2.05) is 6.92 Å². The predicted octanol–water partition coefficient (Wildman–Crippen LogP) is 5.62. The lowest BCUT2D eigenvalue weighted by Crippen LogP contribution is -2.31. The number of benzene rings is 2. The maximum Gasteiger partial charge on any atom is 0.471 e. The zero-order valence-corrected chi connectivity index (χ0v) is 23.3. The van der Waals surface area contributed by atoms with Crippen LogP contribution in [-0.4, -0.2) is 48.4 Å². The summed E-state index contributed by atoms with van der Waals surface area (Å²) in [5, 5.41) is 13.6. The number of unbranched alkanes of at least 4 members (excludes halogenated alkanes) is 1. The number of ether oxygens (including phenoxy) is 1. The highest BCUT2D eigenvalue weighted by Crippen LogP contribution is 2.35. The molecule has 3 N–H and O–H groups in total. The number of halogens is 4. The van der Waals surface area contributed by atoms with Crippen LogP contribution in [0.4, 0.5) is 35.9 Å². The highest BCUT2D eigenvalue weighted by atomic mass is 35.5. The van der Waals surface area contributed by atoms with Crippen LogP contribution < -0.4 is 19.7 Å². The van der Waals surface area contributed by atoms with Gasteiger partial charge in [0.15, 0.2) is 6.10 Å². The van der Waals surface area contributed by atoms with Gasteiger partial charge in [-0.2, -0.15) is 13.2 Å². The van der Waals surface area contributed by atoms with Crippen molar-refractivity contribution in [3.05, 3.63) is 65.9 Å². The van der Waals surface area contributed by atoms with Gasteiger partial charge < -0.3 is 20.5 Å². The zero-order valence-electron chi connectivity index (χ0n) is 21.8. The zero-order chi connectivity index (χ0) is 30.4. The number of phenols is 1. The van der Waals surface area contributed by atoms with E-state index in [1.54, 1.807) is 12.1 Å². The van der Waals surface area contributed by atoms with E-state index < -0.39 is 45.6 Å². The molecule has 1 atom stereocenters. The minimum absolute atomic E-state index is 0.0604. The van der Waals surface area contributed by atoms with Gasteiger partial charge in [0.25, 0.3) is 5.91 Å². The summed E-state index contributed by atoms with van der Waals surface area (Å²) < 4.78 is 70.5. The number of nitrogens with zero attached hydrogens (tertiary/aromatic N) is 2. The molecular formula is C26H26ClF3N4O6S. The molecule has 0 bridgehead atoms. The molecule has 0 saturated heterocycles. The Balaban J connectivity index is 1.72. The highest BCUT2D eigenvalue weighted by Gasteiger charge is 2.39. The lowest BCUT2D eigenvalue weighted by atomic mass is 10.2. The number of amides is 2. The third-order valence-electron chi connectivity index (χ3n) is 5.53. The molecular weight excluding hydrogens is 589 g/mol. The van der Waals surface area contributed by atoms with E-state index >= 15 is 0 Å². The molecule has 2 amide bonds. The Bertz CT molecular complexity index is 1490. The second-order valence-corrected chi connectivity index (χ2v) is 11.0. The van der Waals surface area contributed by atoms with Crippen molar-refractivity contribution in [1.82, 2.24) is 4.98 Å². The Morgan fingerprint density at radius 3 is 2.24 bits per heavy atom. The van der Waals surface area contributed by atoms with E-state index in [-0.39, 0.29) is 22.2 Å². The number of nitrogens with one attached hydrogen (secondary N) is 2. The molecule has 0 radical (unpaired) electrons. The highest BCUT2D eigenvalue weighted by molar-refractivity contribution is 7.93. The first kappa shape index (κ1) is 31.5. The summed E-state index contributed by atoms with van der Waals surface area (Å²) >= 11 is 6.02. The number of aromatic nitrogens is 1. The van der Waals surface area contributed by atoms with Crippen molar-refractivity contribution in [3.63, 3.8) is 0 Å². The molecule has 3 rings (SSSR count). The second-order valence-electron chi connectivity index (χ2n) is 8.68. The van der Waals surface area contributed by atoms with Crippen LogP contribution in [0.5, 0.6) is 11.5 Å². The monoisotopic (exact) mass is 614 g/mol. The largest absolute Gasteiger partial charge is 0.506 e. The SMILES string of the molecule is CCCCS(=O)(=O)N(c1ccncc1)c1ccc(OC(C)C(=O)Nc2cc(O)c(NC(=O)C(F)(F)F)cc2Cl)cc1. The first-order valence-corrected chi connectivity index (χ1v) is 14.1. The molecule has 0 aliphatic rings. The number of hydrogen-bond donors (Lipinski definition) is 3. The normalized spacial score (nSPS) is 12.3. The molecule has 220 valence electrons. The number of aromatic hydroxyl groups is 1. The Morgan fingerprint density at radius 2 is 1.66 bits per heavy atom. The van der Waals surface area contributed by atoms with Gasteiger partial charge in [0.05, 0.1) is 33.5 Å². The number of phenolic OH excluding ortho intramolecular Hbond substituents is 1. The Hall–Kier alpha value is -4.04. The van der Waals surface area contributed by atoms with Gasteiger partial charge in [0.2, 0.25) is 10.0 Å². The first-order valence-electron chi connectivity index (χ1n) is 12.1. The maximum atomic E-state index is 13.1. The molecule has 0 saturated carbocycles. The molecule has 1 unspecified atom stereocenters. The molecule has 10 nitrogen and oxygen atoms in total. The fourth-order valence-corrected chi connectivity index (χ4v) is 5.40. The van der Waals surface area contributed by atoms with E-state index in [1.165, 1.54) is 53.2 Å². The summed E-state index contributed by atoms with van der Waals surface area (Å²) in [5.74, 6) is -3.62. The van der Waals surface area contributed by atoms with E-state index in [2.05, 4.69) is 10.3 Å². The van der Waals surface area contributed by atoms with Crippen LogP contribution in [0.2, 0.25) is 5.02 Å². The summed E-state index contributed by atoms with van der Waals surface area (Å²) in [7, 11) is -3.71.